The average molecular weight is 652 g/mol. The number of halogens is 4. The molecule has 3 amide bonds. The van der Waals surface area contributed by atoms with E-state index in [-0.39, 0.29) is 24.5 Å². The Hall–Kier alpha value is -5.47. The van der Waals surface area contributed by atoms with Crippen molar-refractivity contribution in [3.63, 3.8) is 0 Å². The van der Waals surface area contributed by atoms with Crippen molar-refractivity contribution in [2.45, 2.75) is 56.4 Å². The van der Waals surface area contributed by atoms with Crippen molar-refractivity contribution in [1.82, 2.24) is 25.9 Å². The van der Waals surface area contributed by atoms with Crippen molar-refractivity contribution in [1.29, 1.82) is 0 Å². The number of H-pyrrole nitrogens is 1. The summed E-state index contributed by atoms with van der Waals surface area (Å²) in [5, 5.41) is 18.0. The Morgan fingerprint density at radius 3 is 2.40 bits per heavy atom. The number of anilines is 2. The lowest BCUT2D eigenvalue weighted by Gasteiger charge is -2.31. The topological polar surface area (TPSA) is 134 Å². The van der Waals surface area contributed by atoms with Gasteiger partial charge in [-0.3, -0.25) is 20.3 Å². The molecule has 0 bridgehead atoms. The van der Waals surface area contributed by atoms with Gasteiger partial charge in [-0.25, -0.2) is 4.79 Å². The van der Waals surface area contributed by atoms with E-state index in [1.807, 2.05) is 24.3 Å². The normalized spacial score (nSPS) is 18.5. The minimum atomic E-state index is -4.58. The molecule has 0 radical (unpaired) electrons. The van der Waals surface area contributed by atoms with Crippen LogP contribution in [0.1, 0.15) is 59.5 Å². The zero-order chi connectivity index (χ0) is 33.0. The summed E-state index contributed by atoms with van der Waals surface area (Å²) in [5.41, 5.74) is 1.52. The molecule has 2 aromatic carbocycles. The van der Waals surface area contributed by atoms with Gasteiger partial charge in [0, 0.05) is 11.3 Å². The highest BCUT2D eigenvalue weighted by Gasteiger charge is 2.59. The van der Waals surface area contributed by atoms with Crippen LogP contribution in [-0.4, -0.2) is 44.4 Å². The van der Waals surface area contributed by atoms with Crippen molar-refractivity contribution in [2.75, 3.05) is 10.2 Å². The molecule has 11 nitrogen and oxygen atoms in total. The molecule has 1 fully saturated rings. The zero-order valence-electron chi connectivity index (χ0n) is 24.8. The van der Waals surface area contributed by atoms with Crippen LogP contribution in [0.15, 0.2) is 96.5 Å². The SMILES string of the molecule is O=C(Nc1nn[nH]n1)c1ccc(CN(C(=O)NC2=COC=C(C3=CC=CC(F)(F)C3(F)F)O2)c2ccc(C3CCCCC3)cc2)cc1. The predicted molar refractivity (Wildman–Crippen MR) is 161 cm³/mol. The first-order valence-corrected chi connectivity index (χ1v) is 14.8. The number of urea groups is 1. The summed E-state index contributed by atoms with van der Waals surface area (Å²) in [5.74, 6) is -10.1. The molecule has 15 heteroatoms. The third-order valence-corrected chi connectivity index (χ3v) is 8.04. The summed E-state index contributed by atoms with van der Waals surface area (Å²) in [4.78, 5) is 27.6. The van der Waals surface area contributed by atoms with Gasteiger partial charge in [0.05, 0.1) is 12.1 Å². The maximum Gasteiger partial charge on any atom is 0.342 e. The fourth-order valence-corrected chi connectivity index (χ4v) is 5.54. The van der Waals surface area contributed by atoms with Gasteiger partial charge in [-0.1, -0.05) is 54.7 Å². The number of hydrogen-bond donors (Lipinski definition) is 3. The highest BCUT2D eigenvalue weighted by atomic mass is 19.3. The number of benzene rings is 2. The molecule has 2 heterocycles. The van der Waals surface area contributed by atoms with Crippen molar-refractivity contribution >= 4 is 23.6 Å². The van der Waals surface area contributed by atoms with E-state index in [1.165, 1.54) is 16.9 Å². The van der Waals surface area contributed by atoms with Crippen LogP contribution in [0.3, 0.4) is 0 Å². The molecule has 0 unspecified atom stereocenters. The maximum atomic E-state index is 14.6. The van der Waals surface area contributed by atoms with E-state index in [0.29, 0.717) is 22.7 Å². The van der Waals surface area contributed by atoms with Crippen LogP contribution in [-0.2, 0) is 16.0 Å². The minimum Gasteiger partial charge on any atom is -0.463 e. The molecule has 0 atom stereocenters. The van der Waals surface area contributed by atoms with E-state index < -0.39 is 35.1 Å². The van der Waals surface area contributed by atoms with E-state index in [4.69, 9.17) is 9.47 Å². The van der Waals surface area contributed by atoms with Crippen LogP contribution < -0.4 is 15.5 Å². The predicted octanol–water partition coefficient (Wildman–Crippen LogP) is 6.67. The van der Waals surface area contributed by atoms with Gasteiger partial charge < -0.3 is 9.47 Å². The van der Waals surface area contributed by atoms with Crippen LogP contribution in [0, 0.1) is 0 Å². The summed E-state index contributed by atoms with van der Waals surface area (Å²) in [6, 6.07) is 13.3. The highest BCUT2D eigenvalue weighted by Crippen LogP contribution is 2.46. The summed E-state index contributed by atoms with van der Waals surface area (Å²) >= 11 is 0. The lowest BCUT2D eigenvalue weighted by atomic mass is 9.84. The van der Waals surface area contributed by atoms with Gasteiger partial charge in [0.25, 0.3) is 11.9 Å². The number of alkyl halides is 4. The zero-order valence-corrected chi connectivity index (χ0v) is 24.8. The summed E-state index contributed by atoms with van der Waals surface area (Å²) in [6.07, 6.45) is 9.12. The van der Waals surface area contributed by atoms with Crippen molar-refractivity contribution < 1.29 is 36.6 Å². The number of amides is 3. The van der Waals surface area contributed by atoms with Crippen molar-refractivity contribution in [2.24, 2.45) is 0 Å². The van der Waals surface area contributed by atoms with Crippen molar-refractivity contribution in [3.05, 3.63) is 113 Å². The molecule has 3 N–H and O–H groups in total. The molecule has 1 aliphatic heterocycles. The molecule has 3 aliphatic rings. The largest absolute Gasteiger partial charge is 0.463 e. The second-order valence-corrected chi connectivity index (χ2v) is 11.2. The fourth-order valence-electron chi connectivity index (χ4n) is 5.54. The third-order valence-electron chi connectivity index (χ3n) is 8.04. The molecular formula is C32H29F4N7O4. The van der Waals surface area contributed by atoms with Gasteiger partial charge in [0.15, 0.2) is 12.0 Å². The number of rotatable bonds is 8. The number of ether oxygens (including phenoxy) is 2. The highest BCUT2D eigenvalue weighted by molar-refractivity contribution is 6.03. The van der Waals surface area contributed by atoms with Crippen LogP contribution in [0.2, 0.25) is 0 Å². The number of nitrogens with zero attached hydrogens (tertiary/aromatic N) is 4. The Balaban J connectivity index is 1.20. The number of allylic oxidation sites excluding steroid dienone is 4. The first-order valence-electron chi connectivity index (χ1n) is 14.8. The first-order chi connectivity index (χ1) is 22.6. The van der Waals surface area contributed by atoms with Gasteiger partial charge in [-0.2, -0.15) is 22.8 Å². The van der Waals surface area contributed by atoms with Gasteiger partial charge in [-0.15, -0.1) is 5.10 Å². The Morgan fingerprint density at radius 1 is 0.957 bits per heavy atom. The molecular weight excluding hydrogens is 622 g/mol. The van der Waals surface area contributed by atoms with E-state index >= 15 is 0 Å². The van der Waals surface area contributed by atoms with Crippen molar-refractivity contribution in [3.8, 4) is 0 Å². The molecule has 2 aliphatic carbocycles. The molecule has 3 aromatic rings. The average Bonchev–Trinajstić information content (AvgIpc) is 3.59. The van der Waals surface area contributed by atoms with E-state index in [2.05, 4.69) is 31.3 Å². The number of nitrogens with one attached hydrogen (secondary N) is 3. The second-order valence-electron chi connectivity index (χ2n) is 11.2. The molecule has 244 valence electrons. The molecule has 47 heavy (non-hydrogen) atoms. The minimum absolute atomic E-state index is 0.00786. The maximum absolute atomic E-state index is 14.6. The summed E-state index contributed by atoms with van der Waals surface area (Å²) in [6.45, 7) is 0.0262. The standard InChI is InChI=1S/C32H29F4N7O4/c33-31(34)16-4-7-25(32(31,35)36)26-18-46-19-27(47-26)37-30(45)43(24-14-12-22(13-15-24)21-5-2-1-3-6-21)17-20-8-10-23(11-9-20)28(44)38-29-39-41-42-40-29/h4,7-16,18-19,21H,1-3,5-6,17H2,(H,37,45)(H2,38,39,40,41,42,44). The Bertz CT molecular complexity index is 1730. The molecule has 0 saturated heterocycles. The number of carbonyl (C=O) groups is 2. The van der Waals surface area contributed by atoms with Crippen LogP contribution in [0.4, 0.5) is 34.0 Å². The molecule has 1 aromatic heterocycles. The number of carbonyl (C=O) groups excluding carboxylic acids is 2. The molecule has 6 rings (SSSR count). The van der Waals surface area contributed by atoms with E-state index in [1.54, 1.807) is 24.3 Å². The number of hydrogen-bond acceptors (Lipinski definition) is 7. The molecule has 0 spiro atoms. The van der Waals surface area contributed by atoms with Crippen LogP contribution >= 0.6 is 0 Å². The van der Waals surface area contributed by atoms with E-state index in [0.717, 1.165) is 50.4 Å². The Kier molecular flexibility index (Phi) is 8.78. The summed E-state index contributed by atoms with van der Waals surface area (Å²) < 4.78 is 67.6. The monoisotopic (exact) mass is 651 g/mol. The smallest absolute Gasteiger partial charge is 0.342 e. The molecule has 1 saturated carbocycles. The van der Waals surface area contributed by atoms with Crippen LogP contribution in [0.5, 0.6) is 0 Å². The number of aromatic amines is 1. The van der Waals surface area contributed by atoms with E-state index in [9.17, 15) is 27.2 Å². The van der Waals surface area contributed by atoms with Gasteiger partial charge in [0.1, 0.15) is 6.26 Å². The summed E-state index contributed by atoms with van der Waals surface area (Å²) in [7, 11) is 0. The second kappa shape index (κ2) is 13.1. The lowest BCUT2D eigenvalue weighted by Crippen LogP contribution is -2.43. The number of tetrazole rings is 1. The Labute approximate surface area is 266 Å². The van der Waals surface area contributed by atoms with Gasteiger partial charge in [0.2, 0.25) is 5.88 Å². The Morgan fingerprint density at radius 2 is 1.70 bits per heavy atom. The first kappa shape index (κ1) is 31.5. The third kappa shape index (κ3) is 6.88. The fraction of sp³-hybridized carbons (Fsp3) is 0.281. The van der Waals surface area contributed by atoms with Crippen LogP contribution in [0.25, 0.3) is 0 Å². The van der Waals surface area contributed by atoms with Gasteiger partial charge in [-0.05, 0) is 71.5 Å². The van der Waals surface area contributed by atoms with Gasteiger partial charge >= 0.3 is 17.9 Å². The quantitative estimate of drug-likeness (QED) is 0.232. The number of aromatic nitrogens is 4. The lowest BCUT2D eigenvalue weighted by molar-refractivity contribution is -0.156.